The van der Waals surface area contributed by atoms with Gasteiger partial charge in [-0.1, -0.05) is 30.3 Å². The largest absolute Gasteiger partial charge is 0.472 e. The van der Waals surface area contributed by atoms with Crippen LogP contribution >= 0.6 is 0 Å². The van der Waals surface area contributed by atoms with Crippen molar-refractivity contribution in [2.24, 2.45) is 0 Å². The summed E-state index contributed by atoms with van der Waals surface area (Å²) >= 11 is 0. The summed E-state index contributed by atoms with van der Waals surface area (Å²) in [7, 11) is -0.982. The molecule has 23 heavy (non-hydrogen) atoms. The number of hydrogen-bond donors (Lipinski definition) is 1. The number of urea groups is 1. The van der Waals surface area contributed by atoms with Crippen LogP contribution in [0.5, 0.6) is 0 Å². The Labute approximate surface area is 139 Å². The second kappa shape index (κ2) is 9.15. The molecule has 0 unspecified atom stereocenters. The van der Waals surface area contributed by atoms with Gasteiger partial charge in [-0.2, -0.15) is 0 Å². The number of nitrogens with one attached hydrogen (secondary N) is 1. The van der Waals surface area contributed by atoms with Gasteiger partial charge in [-0.25, -0.2) is 4.79 Å². The number of carbonyl (C=O) groups excluding carboxylic acids is 1. The summed E-state index contributed by atoms with van der Waals surface area (Å²) in [6.07, 6.45) is 3.22. The van der Waals surface area contributed by atoms with Crippen LogP contribution in [0.25, 0.3) is 0 Å². The summed E-state index contributed by atoms with van der Waals surface area (Å²) < 4.78 is 17.0. The van der Waals surface area contributed by atoms with E-state index in [0.29, 0.717) is 31.1 Å². The summed E-state index contributed by atoms with van der Waals surface area (Å²) in [6.45, 7) is 3.43. The molecule has 0 aliphatic rings. The molecule has 1 aromatic heterocycles. The summed E-state index contributed by atoms with van der Waals surface area (Å²) in [5.74, 6) is 0.965. The average Bonchev–Trinajstić information content (AvgIpc) is 3.06. The number of benzene rings is 1. The maximum absolute atomic E-state index is 12.1. The topological polar surface area (TPSA) is 62.6 Å². The number of nitrogens with zero attached hydrogens (tertiary/aromatic N) is 1. The molecule has 0 saturated heterocycles. The average molecular weight is 334 g/mol. The molecule has 2 rings (SSSR count). The molecule has 1 atom stereocenters. The van der Waals surface area contributed by atoms with Crippen molar-refractivity contribution in [1.29, 1.82) is 0 Å². The van der Waals surface area contributed by atoms with Crippen LogP contribution in [0.3, 0.4) is 0 Å². The first-order valence-corrected chi connectivity index (χ1v) is 9.10. The van der Waals surface area contributed by atoms with Crippen molar-refractivity contribution >= 4 is 16.8 Å². The van der Waals surface area contributed by atoms with E-state index in [2.05, 4.69) is 5.32 Å². The minimum atomic E-state index is -0.982. The Bertz CT molecular complexity index is 614. The Morgan fingerprint density at radius 1 is 1.22 bits per heavy atom. The summed E-state index contributed by atoms with van der Waals surface area (Å²) in [5, 5.41) is 2.83. The molecule has 2 amide bonds. The van der Waals surface area contributed by atoms with Crippen LogP contribution in [-0.2, 0) is 23.1 Å². The highest BCUT2D eigenvalue weighted by Crippen LogP contribution is 2.05. The number of hydrogen-bond acceptors (Lipinski definition) is 3. The smallest absolute Gasteiger partial charge is 0.317 e. The lowest BCUT2D eigenvalue weighted by molar-refractivity contribution is 0.198. The quantitative estimate of drug-likeness (QED) is 0.807. The molecule has 124 valence electrons. The fourth-order valence-electron chi connectivity index (χ4n) is 2.15. The monoisotopic (exact) mass is 334 g/mol. The van der Waals surface area contributed by atoms with E-state index in [1.807, 2.05) is 43.3 Å². The van der Waals surface area contributed by atoms with Crippen molar-refractivity contribution in [3.8, 4) is 0 Å². The van der Waals surface area contributed by atoms with Crippen LogP contribution in [0.1, 0.15) is 18.1 Å². The van der Waals surface area contributed by atoms with Crippen molar-refractivity contribution in [3.05, 3.63) is 60.1 Å². The van der Waals surface area contributed by atoms with E-state index in [-0.39, 0.29) is 6.03 Å². The predicted molar refractivity (Wildman–Crippen MR) is 91.3 cm³/mol. The molecule has 1 N–H and O–H groups in total. The molecule has 0 radical (unpaired) electrons. The van der Waals surface area contributed by atoms with Gasteiger partial charge in [0.05, 0.1) is 19.1 Å². The zero-order valence-corrected chi connectivity index (χ0v) is 14.1. The van der Waals surface area contributed by atoms with Crippen molar-refractivity contribution in [3.63, 3.8) is 0 Å². The number of furan rings is 1. The Morgan fingerprint density at radius 2 is 2.00 bits per heavy atom. The SMILES string of the molecule is CCN(Cc1ccoc1)C(=O)NCC[S@](=O)Cc1ccccc1. The van der Waals surface area contributed by atoms with Crippen molar-refractivity contribution in [1.82, 2.24) is 10.2 Å². The highest BCUT2D eigenvalue weighted by atomic mass is 32.2. The van der Waals surface area contributed by atoms with Gasteiger partial charge in [0.2, 0.25) is 0 Å². The third-order valence-electron chi connectivity index (χ3n) is 3.40. The number of rotatable bonds is 8. The fraction of sp³-hybridized carbons (Fsp3) is 0.353. The molecular formula is C17H22N2O3S. The van der Waals surface area contributed by atoms with Crippen molar-refractivity contribution < 1.29 is 13.4 Å². The van der Waals surface area contributed by atoms with Crippen LogP contribution in [0.4, 0.5) is 4.79 Å². The van der Waals surface area contributed by atoms with Crippen molar-refractivity contribution in [2.45, 2.75) is 19.2 Å². The van der Waals surface area contributed by atoms with E-state index in [4.69, 9.17) is 4.42 Å². The van der Waals surface area contributed by atoms with Crippen LogP contribution in [0, 0.1) is 0 Å². The predicted octanol–water partition coefficient (Wildman–Crippen LogP) is 2.76. The van der Waals surface area contributed by atoms with Crippen LogP contribution in [0.15, 0.2) is 53.3 Å². The Kier molecular flexibility index (Phi) is 6.87. The second-order valence-electron chi connectivity index (χ2n) is 5.15. The molecule has 2 aromatic rings. The third-order valence-corrected chi connectivity index (χ3v) is 4.71. The van der Waals surface area contributed by atoms with Gasteiger partial charge in [-0.3, -0.25) is 4.21 Å². The Balaban J connectivity index is 1.71. The molecule has 5 nitrogen and oxygen atoms in total. The highest BCUT2D eigenvalue weighted by Gasteiger charge is 2.12. The van der Waals surface area contributed by atoms with E-state index >= 15 is 0 Å². The molecule has 0 aliphatic heterocycles. The van der Waals surface area contributed by atoms with Gasteiger partial charge in [0, 0.05) is 41.0 Å². The van der Waals surface area contributed by atoms with Crippen molar-refractivity contribution in [2.75, 3.05) is 18.8 Å². The Hall–Kier alpha value is -2.08. The van der Waals surface area contributed by atoms with Gasteiger partial charge in [-0.15, -0.1) is 0 Å². The zero-order valence-electron chi connectivity index (χ0n) is 13.2. The molecular weight excluding hydrogens is 312 g/mol. The van der Waals surface area contributed by atoms with Gasteiger partial charge in [0.15, 0.2) is 0 Å². The molecule has 0 fully saturated rings. The van der Waals surface area contributed by atoms with Gasteiger partial charge in [-0.05, 0) is 18.6 Å². The van der Waals surface area contributed by atoms with E-state index < -0.39 is 10.8 Å². The highest BCUT2D eigenvalue weighted by molar-refractivity contribution is 7.84. The molecule has 0 spiro atoms. The second-order valence-corrected chi connectivity index (χ2v) is 6.73. The molecule has 1 aromatic carbocycles. The number of carbonyl (C=O) groups is 1. The van der Waals surface area contributed by atoms with Crippen LogP contribution < -0.4 is 5.32 Å². The van der Waals surface area contributed by atoms with Gasteiger partial charge < -0.3 is 14.6 Å². The van der Waals surface area contributed by atoms with E-state index in [0.717, 1.165) is 11.1 Å². The molecule has 1 heterocycles. The fourth-order valence-corrected chi connectivity index (χ4v) is 3.18. The van der Waals surface area contributed by atoms with Crippen LogP contribution in [0.2, 0.25) is 0 Å². The van der Waals surface area contributed by atoms with E-state index in [1.165, 1.54) is 0 Å². The third kappa shape index (κ3) is 5.90. The lowest BCUT2D eigenvalue weighted by atomic mass is 10.2. The normalized spacial score (nSPS) is 11.9. The van der Waals surface area contributed by atoms with Gasteiger partial charge in [0.25, 0.3) is 0 Å². The minimum Gasteiger partial charge on any atom is -0.472 e. The Morgan fingerprint density at radius 3 is 2.65 bits per heavy atom. The van der Waals surface area contributed by atoms with Crippen LogP contribution in [-0.4, -0.2) is 34.0 Å². The van der Waals surface area contributed by atoms with E-state index in [9.17, 15) is 9.00 Å². The standard InChI is InChI=1S/C17H22N2O3S/c1-2-19(12-16-8-10-22-13-16)17(20)18-9-11-23(21)14-15-6-4-3-5-7-15/h3-8,10,13H,2,9,11-12,14H2,1H3,(H,18,20)/t23-/m0/s1. The first kappa shape index (κ1) is 17.3. The summed E-state index contributed by atoms with van der Waals surface area (Å²) in [6, 6.07) is 11.4. The lowest BCUT2D eigenvalue weighted by Crippen LogP contribution is -2.40. The van der Waals surface area contributed by atoms with Gasteiger partial charge in [0.1, 0.15) is 0 Å². The first-order chi connectivity index (χ1) is 11.2. The zero-order chi connectivity index (χ0) is 16.5. The number of amides is 2. The first-order valence-electron chi connectivity index (χ1n) is 7.61. The maximum atomic E-state index is 12.1. The molecule has 0 saturated carbocycles. The molecule has 6 heteroatoms. The van der Waals surface area contributed by atoms with Gasteiger partial charge >= 0.3 is 6.03 Å². The van der Waals surface area contributed by atoms with E-state index in [1.54, 1.807) is 17.4 Å². The summed E-state index contributed by atoms with van der Waals surface area (Å²) in [4.78, 5) is 13.8. The molecule has 0 bridgehead atoms. The maximum Gasteiger partial charge on any atom is 0.317 e. The summed E-state index contributed by atoms with van der Waals surface area (Å²) in [5.41, 5.74) is 2.00. The lowest BCUT2D eigenvalue weighted by Gasteiger charge is -2.20. The molecule has 0 aliphatic carbocycles. The minimum absolute atomic E-state index is 0.148.